The molecule has 1 aromatic carbocycles. The maximum atomic E-state index is 10.2. The number of hydrogen-bond donors (Lipinski definition) is 2. The van der Waals surface area contributed by atoms with Crippen molar-refractivity contribution in [2.24, 2.45) is 0 Å². The van der Waals surface area contributed by atoms with Crippen molar-refractivity contribution in [1.82, 2.24) is 24.8 Å². The van der Waals surface area contributed by atoms with Gasteiger partial charge < -0.3 is 25.6 Å². The van der Waals surface area contributed by atoms with Gasteiger partial charge in [-0.05, 0) is 56.8 Å². The van der Waals surface area contributed by atoms with E-state index in [1.807, 2.05) is 6.07 Å². The number of likely N-dealkylation sites (N-methyl/N-ethyl adjacent to an activating group) is 1. The Balaban J connectivity index is 1.27. The minimum Gasteiger partial charge on any atom is -0.382 e. The first-order chi connectivity index (χ1) is 20.0. The summed E-state index contributed by atoms with van der Waals surface area (Å²) < 4.78 is 5.53. The lowest BCUT2D eigenvalue weighted by Crippen LogP contribution is -2.52. The zero-order valence-corrected chi connectivity index (χ0v) is 24.3. The first-order valence-electron chi connectivity index (χ1n) is 15.1. The van der Waals surface area contributed by atoms with E-state index in [1.165, 1.54) is 0 Å². The second-order valence-electron chi connectivity index (χ2n) is 11.6. The molecular formula is C31H41N9O. The first-order valence-corrected chi connectivity index (χ1v) is 15.1. The van der Waals surface area contributed by atoms with Gasteiger partial charge in [-0.2, -0.15) is 5.26 Å². The normalized spacial score (nSPS) is 19.9. The molecule has 3 aliphatic rings. The number of nitrogen functional groups attached to an aromatic ring is 1. The molecule has 5 heterocycles. The highest BCUT2D eigenvalue weighted by Gasteiger charge is 2.28. The summed E-state index contributed by atoms with van der Waals surface area (Å²) in [5.74, 6) is 1.16. The molecule has 0 amide bonds. The molecule has 41 heavy (non-hydrogen) atoms. The van der Waals surface area contributed by atoms with Crippen molar-refractivity contribution in [3.63, 3.8) is 0 Å². The lowest BCUT2D eigenvalue weighted by atomic mass is 9.98. The van der Waals surface area contributed by atoms with Crippen molar-refractivity contribution >= 4 is 28.4 Å². The minimum atomic E-state index is 0.299. The highest BCUT2D eigenvalue weighted by Crippen LogP contribution is 2.34. The van der Waals surface area contributed by atoms with Gasteiger partial charge in [-0.15, -0.1) is 0 Å². The number of ether oxygens (including phenoxy) is 1. The number of aromatic nitrogens is 3. The fourth-order valence-corrected chi connectivity index (χ4v) is 6.43. The number of nitrogens with two attached hydrogens (primary N) is 1. The van der Waals surface area contributed by atoms with Gasteiger partial charge >= 0.3 is 0 Å². The van der Waals surface area contributed by atoms with E-state index in [4.69, 9.17) is 20.4 Å². The van der Waals surface area contributed by atoms with Gasteiger partial charge in [-0.1, -0.05) is 13.0 Å². The van der Waals surface area contributed by atoms with Crippen LogP contribution in [0.4, 0.5) is 17.3 Å². The van der Waals surface area contributed by atoms with E-state index in [9.17, 15) is 5.26 Å². The molecule has 0 atom stereocenters. The predicted octanol–water partition coefficient (Wildman–Crippen LogP) is 3.52. The number of nitrogens with zero attached hydrogens (tertiary/aromatic N) is 7. The average molecular weight is 556 g/mol. The summed E-state index contributed by atoms with van der Waals surface area (Å²) in [4.78, 5) is 21.9. The Bertz CT molecular complexity index is 1420. The molecule has 0 spiro atoms. The summed E-state index contributed by atoms with van der Waals surface area (Å²) >= 11 is 0. The molecule has 3 aromatic rings. The Labute approximate surface area is 242 Å². The zero-order chi connectivity index (χ0) is 28.3. The molecule has 10 nitrogen and oxygen atoms in total. The Morgan fingerprint density at radius 3 is 2.49 bits per heavy atom. The minimum absolute atomic E-state index is 0.299. The van der Waals surface area contributed by atoms with Crippen LogP contribution in [-0.2, 0) is 11.2 Å². The van der Waals surface area contributed by atoms with Crippen LogP contribution in [-0.4, -0.2) is 96.4 Å². The Kier molecular flexibility index (Phi) is 8.19. The van der Waals surface area contributed by atoms with Crippen LogP contribution in [0.1, 0.15) is 43.9 Å². The number of benzene rings is 1. The van der Waals surface area contributed by atoms with E-state index in [2.05, 4.69) is 57.2 Å². The van der Waals surface area contributed by atoms with Crippen molar-refractivity contribution in [3.05, 3.63) is 35.7 Å². The van der Waals surface area contributed by atoms with Gasteiger partial charge in [0.15, 0.2) is 5.82 Å². The summed E-state index contributed by atoms with van der Waals surface area (Å²) in [5, 5.41) is 13.8. The third kappa shape index (κ3) is 5.80. The van der Waals surface area contributed by atoms with Gasteiger partial charge in [0.05, 0.1) is 16.9 Å². The average Bonchev–Trinajstić information content (AvgIpc) is 3.02. The van der Waals surface area contributed by atoms with Crippen LogP contribution in [0.3, 0.4) is 0 Å². The summed E-state index contributed by atoms with van der Waals surface area (Å²) in [7, 11) is 2.20. The summed E-state index contributed by atoms with van der Waals surface area (Å²) in [6.45, 7) is 10.1. The van der Waals surface area contributed by atoms with Crippen LogP contribution in [0.25, 0.3) is 22.2 Å². The number of piperazine rings is 1. The van der Waals surface area contributed by atoms with E-state index < -0.39 is 0 Å². The van der Waals surface area contributed by atoms with E-state index >= 15 is 0 Å². The second-order valence-corrected chi connectivity index (χ2v) is 11.6. The molecule has 0 bridgehead atoms. The van der Waals surface area contributed by atoms with Gasteiger partial charge in [0, 0.05) is 76.3 Å². The van der Waals surface area contributed by atoms with Crippen molar-refractivity contribution < 1.29 is 4.74 Å². The van der Waals surface area contributed by atoms with Crippen LogP contribution in [0.15, 0.2) is 24.4 Å². The zero-order valence-electron chi connectivity index (χ0n) is 24.3. The molecule has 0 aliphatic carbocycles. The second kappa shape index (κ2) is 12.1. The quantitative estimate of drug-likeness (QED) is 0.468. The molecule has 0 saturated carbocycles. The van der Waals surface area contributed by atoms with Crippen molar-refractivity contribution in [2.75, 3.05) is 75.5 Å². The van der Waals surface area contributed by atoms with Crippen molar-refractivity contribution in [1.29, 1.82) is 5.26 Å². The first kappa shape index (κ1) is 27.6. The fourth-order valence-electron chi connectivity index (χ4n) is 6.43. The Morgan fingerprint density at radius 2 is 1.78 bits per heavy atom. The predicted molar refractivity (Wildman–Crippen MR) is 163 cm³/mol. The summed E-state index contributed by atoms with van der Waals surface area (Å²) in [5.41, 5.74) is 11.9. The Hall–Kier alpha value is -3.52. The molecular weight excluding hydrogens is 514 g/mol. The lowest BCUT2D eigenvalue weighted by Gasteiger charge is -2.42. The number of nitriles is 1. The number of piperidine rings is 1. The third-order valence-corrected chi connectivity index (χ3v) is 8.98. The SMILES string of the molecule is CCc1nc2c(N)ncc(-c3ccc(N4CCC(N5CCN(C)CC5)CC4)c(C#N)c3)c2nc1NC1CCOCC1. The molecule has 0 radical (unpaired) electrons. The van der Waals surface area contributed by atoms with Gasteiger partial charge in [-0.25, -0.2) is 15.0 Å². The molecule has 10 heteroatoms. The van der Waals surface area contributed by atoms with Crippen LogP contribution in [0, 0.1) is 11.3 Å². The van der Waals surface area contributed by atoms with E-state index in [-0.39, 0.29) is 0 Å². The number of rotatable bonds is 6. The number of nitrogens with one attached hydrogen (secondary N) is 1. The van der Waals surface area contributed by atoms with E-state index in [1.54, 1.807) is 6.20 Å². The van der Waals surface area contributed by atoms with Gasteiger partial charge in [0.2, 0.25) is 0 Å². The topological polar surface area (TPSA) is 119 Å². The maximum Gasteiger partial charge on any atom is 0.151 e. The highest BCUT2D eigenvalue weighted by atomic mass is 16.5. The molecule has 3 N–H and O–H groups in total. The monoisotopic (exact) mass is 555 g/mol. The molecule has 0 unspecified atom stereocenters. The number of hydrogen-bond acceptors (Lipinski definition) is 10. The smallest absolute Gasteiger partial charge is 0.151 e. The van der Waals surface area contributed by atoms with Crippen LogP contribution in [0.2, 0.25) is 0 Å². The molecule has 216 valence electrons. The maximum absolute atomic E-state index is 10.2. The van der Waals surface area contributed by atoms with Gasteiger partial charge in [0.25, 0.3) is 0 Å². The molecule has 6 rings (SSSR count). The molecule has 3 aliphatic heterocycles. The van der Waals surface area contributed by atoms with Gasteiger partial charge in [-0.3, -0.25) is 4.90 Å². The number of aryl methyl sites for hydroxylation is 1. The largest absolute Gasteiger partial charge is 0.382 e. The van der Waals surface area contributed by atoms with Crippen LogP contribution < -0.4 is 16.0 Å². The van der Waals surface area contributed by atoms with E-state index in [0.717, 1.165) is 113 Å². The lowest BCUT2D eigenvalue weighted by molar-refractivity contribution is 0.0903. The Morgan fingerprint density at radius 1 is 1.02 bits per heavy atom. The highest BCUT2D eigenvalue weighted by molar-refractivity contribution is 5.97. The summed E-state index contributed by atoms with van der Waals surface area (Å²) in [6.07, 6.45) is 6.62. The molecule has 3 saturated heterocycles. The third-order valence-electron chi connectivity index (χ3n) is 8.98. The molecule has 2 aromatic heterocycles. The van der Waals surface area contributed by atoms with Crippen LogP contribution >= 0.6 is 0 Å². The van der Waals surface area contributed by atoms with Gasteiger partial charge in [0.1, 0.15) is 22.9 Å². The standard InChI is InChI=1S/C31H41N9O/c1-3-26-31(35-23-8-16-41-17-9-23)37-28-25(20-34-30(33)29(28)36-26)21-4-5-27(22(18-21)19-32)40-10-6-24(7-11-40)39-14-12-38(2)13-15-39/h4-5,18,20,23-24H,3,6-17H2,1-2H3,(H2,33,34)(H,35,37). The summed E-state index contributed by atoms with van der Waals surface area (Å²) in [6, 6.07) is 9.53. The van der Waals surface area contributed by atoms with E-state index in [0.29, 0.717) is 34.5 Å². The van der Waals surface area contributed by atoms with Crippen molar-refractivity contribution in [3.8, 4) is 17.2 Å². The van der Waals surface area contributed by atoms with Crippen molar-refractivity contribution in [2.45, 2.75) is 51.1 Å². The van der Waals surface area contributed by atoms with Crippen LogP contribution in [0.5, 0.6) is 0 Å². The fraction of sp³-hybridized carbons (Fsp3) is 0.548. The molecule has 3 fully saturated rings. The number of pyridine rings is 1. The number of anilines is 3. The number of fused-ring (bicyclic) bond motifs is 1.